The summed E-state index contributed by atoms with van der Waals surface area (Å²) in [5.41, 5.74) is 2.75. The Kier molecular flexibility index (Phi) is 6.94. The normalized spacial score (nSPS) is 21.2. The van der Waals surface area contributed by atoms with E-state index in [1.807, 2.05) is 37.4 Å². The van der Waals surface area contributed by atoms with Gasteiger partial charge in [-0.05, 0) is 73.4 Å². The number of amides is 1. The van der Waals surface area contributed by atoms with Gasteiger partial charge < -0.3 is 14.7 Å². The van der Waals surface area contributed by atoms with Crippen LogP contribution in [0.15, 0.2) is 35.2 Å². The number of aryl methyl sites for hydroxylation is 1. The van der Waals surface area contributed by atoms with Crippen LogP contribution in [0.3, 0.4) is 0 Å². The number of rotatable bonds is 6. The Morgan fingerprint density at radius 2 is 1.91 bits per heavy atom. The van der Waals surface area contributed by atoms with Gasteiger partial charge in [-0.1, -0.05) is 33.1 Å². The third-order valence-electron chi connectivity index (χ3n) is 6.80. The highest BCUT2D eigenvalue weighted by molar-refractivity contribution is 7.10. The van der Waals surface area contributed by atoms with Crippen molar-refractivity contribution in [1.29, 1.82) is 0 Å². The number of aliphatic hydroxyl groups excluding tert-OH is 1. The van der Waals surface area contributed by atoms with Crippen LogP contribution in [0, 0.1) is 6.92 Å². The van der Waals surface area contributed by atoms with Crippen LogP contribution in [0.2, 0.25) is 0 Å². The summed E-state index contributed by atoms with van der Waals surface area (Å²) in [6, 6.07) is 7.00. The number of carbonyl (C=O) groups is 2. The summed E-state index contributed by atoms with van der Waals surface area (Å²) in [5, 5.41) is 13.4. The fourth-order valence-corrected chi connectivity index (χ4v) is 6.13. The van der Waals surface area contributed by atoms with Crippen molar-refractivity contribution in [2.75, 3.05) is 6.61 Å². The summed E-state index contributed by atoms with van der Waals surface area (Å²) in [4.78, 5) is 29.4. The van der Waals surface area contributed by atoms with Crippen molar-refractivity contribution in [2.24, 2.45) is 0 Å². The first-order valence-electron chi connectivity index (χ1n) is 12.0. The van der Waals surface area contributed by atoms with Crippen LogP contribution >= 0.6 is 11.3 Å². The number of Topliss-reactive ketones (excluding diaryl/α,β-unsaturated/α-hetero) is 1. The number of carbonyl (C=O) groups excluding carboxylic acids is 2. The lowest BCUT2D eigenvalue weighted by atomic mass is 9.92. The molecule has 1 unspecified atom stereocenters. The van der Waals surface area contributed by atoms with Gasteiger partial charge in [-0.3, -0.25) is 9.59 Å². The third kappa shape index (κ3) is 4.33. The third-order valence-corrected chi connectivity index (χ3v) is 7.87. The van der Waals surface area contributed by atoms with E-state index < -0.39 is 17.7 Å². The van der Waals surface area contributed by atoms with E-state index in [0.29, 0.717) is 12.2 Å². The molecular formula is C27H33NO4S. The Labute approximate surface area is 200 Å². The molecule has 0 bridgehead atoms. The SMILES string of the molecule is CCOc1ccc(/C(O)=C2/C(=O)C(=O)N(C3CCCCC3)C2c2sccc2C)cc1C(C)C. The topological polar surface area (TPSA) is 66.8 Å². The predicted molar refractivity (Wildman–Crippen MR) is 132 cm³/mol. The van der Waals surface area contributed by atoms with Crippen LogP contribution in [0.25, 0.3) is 5.76 Å². The molecule has 1 atom stereocenters. The Morgan fingerprint density at radius 1 is 1.18 bits per heavy atom. The minimum Gasteiger partial charge on any atom is -0.507 e. The summed E-state index contributed by atoms with van der Waals surface area (Å²) < 4.78 is 5.76. The second kappa shape index (κ2) is 9.72. The molecular weight excluding hydrogens is 434 g/mol. The number of ether oxygens (including phenoxy) is 1. The first-order valence-corrected chi connectivity index (χ1v) is 12.8. The largest absolute Gasteiger partial charge is 0.507 e. The van der Waals surface area contributed by atoms with Crippen LogP contribution in [0.4, 0.5) is 0 Å². The molecule has 2 aromatic rings. The smallest absolute Gasteiger partial charge is 0.295 e. The van der Waals surface area contributed by atoms with Crippen molar-refractivity contribution in [3.8, 4) is 5.75 Å². The van der Waals surface area contributed by atoms with Crippen molar-refractivity contribution < 1.29 is 19.4 Å². The van der Waals surface area contributed by atoms with Gasteiger partial charge >= 0.3 is 0 Å². The average Bonchev–Trinajstić information content (AvgIpc) is 3.34. The van der Waals surface area contributed by atoms with Crippen LogP contribution in [-0.2, 0) is 9.59 Å². The summed E-state index contributed by atoms with van der Waals surface area (Å²) in [6.07, 6.45) is 5.07. The molecule has 1 saturated heterocycles. The van der Waals surface area contributed by atoms with Gasteiger partial charge in [0.15, 0.2) is 0 Å². The zero-order valence-electron chi connectivity index (χ0n) is 19.9. The number of hydrogen-bond donors (Lipinski definition) is 1. The Hall–Kier alpha value is -2.60. The molecule has 1 amide bonds. The number of aliphatic hydroxyl groups is 1. The van der Waals surface area contributed by atoms with Gasteiger partial charge in [0, 0.05) is 16.5 Å². The maximum atomic E-state index is 13.3. The number of hydrogen-bond acceptors (Lipinski definition) is 5. The van der Waals surface area contributed by atoms with Crippen molar-refractivity contribution in [1.82, 2.24) is 4.90 Å². The molecule has 1 aliphatic carbocycles. The van der Waals surface area contributed by atoms with E-state index in [1.54, 1.807) is 22.3 Å². The minimum absolute atomic E-state index is 0.0264. The van der Waals surface area contributed by atoms with E-state index >= 15 is 0 Å². The molecule has 1 saturated carbocycles. The Morgan fingerprint density at radius 3 is 2.52 bits per heavy atom. The monoisotopic (exact) mass is 467 g/mol. The maximum absolute atomic E-state index is 13.3. The molecule has 2 aliphatic rings. The molecule has 2 fully saturated rings. The van der Waals surface area contributed by atoms with Crippen molar-refractivity contribution >= 4 is 28.8 Å². The fraction of sp³-hybridized carbons (Fsp3) is 0.481. The van der Waals surface area contributed by atoms with Crippen LogP contribution in [0.5, 0.6) is 5.75 Å². The number of benzene rings is 1. The van der Waals surface area contributed by atoms with Gasteiger partial charge in [0.25, 0.3) is 11.7 Å². The molecule has 4 rings (SSSR count). The summed E-state index contributed by atoms with van der Waals surface area (Å²) in [6.45, 7) is 8.63. The second-order valence-corrected chi connectivity index (χ2v) is 10.3. The van der Waals surface area contributed by atoms with Crippen LogP contribution in [0.1, 0.15) is 86.4 Å². The van der Waals surface area contributed by atoms with E-state index in [1.165, 1.54) is 0 Å². The summed E-state index contributed by atoms with van der Waals surface area (Å²) in [7, 11) is 0. The highest BCUT2D eigenvalue weighted by Gasteiger charge is 2.49. The van der Waals surface area contributed by atoms with E-state index in [0.717, 1.165) is 53.9 Å². The first kappa shape index (κ1) is 23.6. The number of thiophene rings is 1. The minimum atomic E-state index is -0.587. The van der Waals surface area contributed by atoms with Crippen molar-refractivity contribution in [3.05, 3.63) is 56.8 Å². The van der Waals surface area contributed by atoms with Gasteiger partial charge in [0.05, 0.1) is 12.2 Å². The van der Waals surface area contributed by atoms with Crippen LogP contribution < -0.4 is 4.74 Å². The quantitative estimate of drug-likeness (QED) is 0.306. The lowest BCUT2D eigenvalue weighted by molar-refractivity contribution is -0.141. The summed E-state index contributed by atoms with van der Waals surface area (Å²) in [5.74, 6) is -0.224. The first-order chi connectivity index (χ1) is 15.8. The summed E-state index contributed by atoms with van der Waals surface area (Å²) >= 11 is 1.54. The van der Waals surface area contributed by atoms with E-state index in [-0.39, 0.29) is 23.3 Å². The van der Waals surface area contributed by atoms with Crippen molar-refractivity contribution in [2.45, 2.75) is 77.8 Å². The molecule has 1 aliphatic heterocycles. The highest BCUT2D eigenvalue weighted by Crippen LogP contribution is 2.45. The predicted octanol–water partition coefficient (Wildman–Crippen LogP) is 6.33. The molecule has 0 spiro atoms. The molecule has 33 heavy (non-hydrogen) atoms. The Bertz CT molecular complexity index is 1080. The van der Waals surface area contributed by atoms with Gasteiger partial charge in [0.1, 0.15) is 17.6 Å². The lowest BCUT2D eigenvalue weighted by Crippen LogP contribution is -2.40. The molecule has 1 N–H and O–H groups in total. The Balaban J connectivity index is 1.86. The average molecular weight is 468 g/mol. The zero-order chi connectivity index (χ0) is 23.7. The van der Waals surface area contributed by atoms with Crippen molar-refractivity contribution in [3.63, 3.8) is 0 Å². The number of nitrogens with zero attached hydrogens (tertiary/aromatic N) is 1. The van der Waals surface area contributed by atoms with Gasteiger partial charge in [0.2, 0.25) is 0 Å². The fourth-order valence-electron chi connectivity index (χ4n) is 5.10. The van der Waals surface area contributed by atoms with Gasteiger partial charge in [-0.25, -0.2) is 0 Å². The molecule has 6 heteroatoms. The van der Waals surface area contributed by atoms with E-state index in [4.69, 9.17) is 4.74 Å². The van der Waals surface area contributed by atoms with E-state index in [9.17, 15) is 14.7 Å². The lowest BCUT2D eigenvalue weighted by Gasteiger charge is -2.35. The molecule has 176 valence electrons. The van der Waals surface area contributed by atoms with Crippen LogP contribution in [-0.4, -0.2) is 34.3 Å². The molecule has 5 nitrogen and oxygen atoms in total. The zero-order valence-corrected chi connectivity index (χ0v) is 20.7. The molecule has 1 aromatic heterocycles. The van der Waals surface area contributed by atoms with E-state index in [2.05, 4.69) is 13.8 Å². The number of ketones is 1. The highest BCUT2D eigenvalue weighted by atomic mass is 32.1. The van der Waals surface area contributed by atoms with Gasteiger partial charge in [-0.15, -0.1) is 11.3 Å². The molecule has 1 aromatic carbocycles. The second-order valence-electron chi connectivity index (χ2n) is 9.31. The maximum Gasteiger partial charge on any atom is 0.295 e. The van der Waals surface area contributed by atoms with Gasteiger partial charge in [-0.2, -0.15) is 0 Å². The number of likely N-dealkylation sites (tertiary alicyclic amines) is 1. The molecule has 0 radical (unpaired) electrons. The molecule has 2 heterocycles. The standard InChI is InChI=1S/C27H33NO4S/c1-5-32-21-12-11-18(15-20(21)16(2)3)24(29)22-23(26-17(4)13-14-33-26)28(27(31)25(22)30)19-9-7-6-8-10-19/h11-16,19,23,29H,5-10H2,1-4H3/b24-22-.